The van der Waals surface area contributed by atoms with Crippen LogP contribution in [0.15, 0.2) is 279 Å². The first-order valence-electron chi connectivity index (χ1n) is 29.1. The summed E-state index contributed by atoms with van der Waals surface area (Å²) in [6.07, 6.45) is 4.03. The van der Waals surface area contributed by atoms with Crippen molar-refractivity contribution < 1.29 is 0 Å². The highest BCUT2D eigenvalue weighted by Crippen LogP contribution is 2.65. The quantitative estimate of drug-likeness (QED) is 0.172. The molecule has 2 aliphatic carbocycles. The summed E-state index contributed by atoms with van der Waals surface area (Å²) in [5, 5.41) is 22.1. The second kappa shape index (κ2) is 17.0. The summed E-state index contributed by atoms with van der Waals surface area (Å²) in [7, 11) is 0. The molecule has 5 heterocycles. The van der Waals surface area contributed by atoms with E-state index in [4.69, 9.17) is 4.98 Å². The molecule has 0 radical (unpaired) electrons. The molecular formula is C79H46N6. The van der Waals surface area contributed by atoms with Gasteiger partial charge >= 0.3 is 0 Å². The van der Waals surface area contributed by atoms with Crippen LogP contribution in [0.25, 0.3) is 143 Å². The van der Waals surface area contributed by atoms with Crippen LogP contribution in [0.3, 0.4) is 0 Å². The van der Waals surface area contributed by atoms with E-state index in [2.05, 4.69) is 297 Å². The second-order valence-corrected chi connectivity index (χ2v) is 22.7. The van der Waals surface area contributed by atoms with Gasteiger partial charge in [0, 0.05) is 66.6 Å². The van der Waals surface area contributed by atoms with Crippen molar-refractivity contribution >= 4 is 87.2 Å². The molecule has 6 heteroatoms. The van der Waals surface area contributed by atoms with Gasteiger partial charge in [-0.15, -0.1) is 0 Å². The molecular weight excluding hydrogens is 1030 g/mol. The average Bonchev–Trinajstić information content (AvgIpc) is 1.57. The lowest BCUT2D eigenvalue weighted by molar-refractivity contribution is 0.792. The van der Waals surface area contributed by atoms with Gasteiger partial charge in [0.05, 0.1) is 72.3 Å². The van der Waals surface area contributed by atoms with Crippen LogP contribution in [0.4, 0.5) is 0 Å². The minimum atomic E-state index is -0.686. The number of hydrogen-bond donors (Lipinski definition) is 0. The van der Waals surface area contributed by atoms with Gasteiger partial charge in [0.1, 0.15) is 11.6 Å². The summed E-state index contributed by atoms with van der Waals surface area (Å²) in [6.45, 7) is 0. The molecule has 1 spiro atoms. The van der Waals surface area contributed by atoms with Crippen LogP contribution >= 0.6 is 0 Å². The fourth-order valence-corrected chi connectivity index (χ4v) is 15.8. The van der Waals surface area contributed by atoms with Crippen LogP contribution in [0.5, 0.6) is 0 Å². The molecule has 0 saturated heterocycles. The summed E-state index contributed by atoms with van der Waals surface area (Å²) in [6, 6.07) is 101. The molecule has 0 bridgehead atoms. The van der Waals surface area contributed by atoms with Crippen molar-refractivity contribution in [3.63, 3.8) is 0 Å². The summed E-state index contributed by atoms with van der Waals surface area (Å²) in [4.78, 5) is 4.80. The topological polar surface area (TPSA) is 56.4 Å². The zero-order chi connectivity index (χ0) is 55.6. The smallest absolute Gasteiger partial charge is 0.104 e. The Balaban J connectivity index is 1.16. The Morgan fingerprint density at radius 1 is 0.271 bits per heavy atom. The molecule has 19 rings (SSSR count). The van der Waals surface area contributed by atoms with Gasteiger partial charge in [-0.3, -0.25) is 4.98 Å². The first-order chi connectivity index (χ1) is 42.2. The number of rotatable bonds is 5. The lowest BCUT2D eigenvalue weighted by Crippen LogP contribution is -2.25. The fraction of sp³-hybridized carbons (Fsp3) is 0.0127. The van der Waals surface area contributed by atoms with E-state index >= 15 is 0 Å². The van der Waals surface area contributed by atoms with E-state index < -0.39 is 5.41 Å². The first kappa shape index (κ1) is 46.1. The number of nitrogens with zero attached hydrogens (tertiary/aromatic N) is 6. The van der Waals surface area contributed by atoms with Gasteiger partial charge in [-0.1, -0.05) is 212 Å². The number of hydrogen-bond acceptors (Lipinski definition) is 2. The predicted octanol–water partition coefficient (Wildman–Crippen LogP) is 19.4. The third-order valence-electron chi connectivity index (χ3n) is 18.9. The highest BCUT2D eigenvalue weighted by atomic mass is 15.1. The maximum absolute atomic E-state index is 13.2. The highest BCUT2D eigenvalue weighted by Gasteiger charge is 2.53. The van der Waals surface area contributed by atoms with Crippen molar-refractivity contribution in [1.29, 1.82) is 5.26 Å². The van der Waals surface area contributed by atoms with Crippen molar-refractivity contribution in [1.82, 2.24) is 23.3 Å². The summed E-state index contributed by atoms with van der Waals surface area (Å²) in [5.74, 6) is 0. The summed E-state index contributed by atoms with van der Waals surface area (Å²) in [5.41, 5.74) is 22.9. The van der Waals surface area contributed by atoms with E-state index in [1.54, 1.807) is 0 Å². The average molecular weight is 1080 g/mol. The van der Waals surface area contributed by atoms with Crippen molar-refractivity contribution in [3.8, 4) is 62.2 Å². The predicted molar refractivity (Wildman–Crippen MR) is 348 cm³/mol. The molecule has 1 atom stereocenters. The van der Waals surface area contributed by atoms with Crippen LogP contribution in [0.1, 0.15) is 27.8 Å². The molecule has 12 aromatic carbocycles. The van der Waals surface area contributed by atoms with Crippen molar-refractivity contribution in [2.75, 3.05) is 0 Å². The van der Waals surface area contributed by atoms with E-state index in [1.807, 2.05) is 6.20 Å². The third kappa shape index (κ3) is 5.78. The van der Waals surface area contributed by atoms with Gasteiger partial charge in [-0.25, -0.2) is 0 Å². The minimum absolute atomic E-state index is 0.533. The lowest BCUT2D eigenvalue weighted by atomic mass is 9.70. The first-order valence-corrected chi connectivity index (χ1v) is 29.1. The van der Waals surface area contributed by atoms with Crippen LogP contribution in [-0.4, -0.2) is 23.3 Å². The molecule has 392 valence electrons. The third-order valence-corrected chi connectivity index (χ3v) is 18.9. The standard InChI is InChI=1S/C79H46N6/c80-46-59-75(82-65-36-13-3-23-49(65)50-24-4-14-37-66(50)82)77(84-69-40-17-7-27-53(69)54-28-8-18-41-70(54)84)74(58-32-21-35-64-73(58)57-31-2-12-34-62(57)79(64)61-33-11-1-22-48(61)60-47-81-45-44-63(60)79)78(85-71-42-19-9-29-55(71)56-30-10-20-43-72(56)85)76(59)83-67-38-15-5-25-51(67)52-26-6-16-39-68(52)83/h1-45,47H. The van der Waals surface area contributed by atoms with Crippen LogP contribution in [0.2, 0.25) is 0 Å². The fourth-order valence-electron chi connectivity index (χ4n) is 15.8. The Bertz CT molecular complexity index is 5320. The van der Waals surface area contributed by atoms with Gasteiger partial charge in [0.25, 0.3) is 0 Å². The van der Waals surface area contributed by atoms with Gasteiger partial charge in [0.15, 0.2) is 0 Å². The number of para-hydroxylation sites is 8. The summed E-state index contributed by atoms with van der Waals surface area (Å²) < 4.78 is 9.87. The molecule has 1 unspecified atom stereocenters. The minimum Gasteiger partial charge on any atom is -0.306 e. The number of fused-ring (bicyclic) bond motifs is 22. The Hall–Kier alpha value is -11.5. The molecule has 0 fully saturated rings. The molecule has 5 aromatic heterocycles. The molecule has 0 aliphatic heterocycles. The van der Waals surface area contributed by atoms with E-state index in [0.717, 1.165) is 138 Å². The Morgan fingerprint density at radius 2 is 0.576 bits per heavy atom. The van der Waals surface area contributed by atoms with Crippen molar-refractivity contribution in [2.45, 2.75) is 5.41 Å². The largest absolute Gasteiger partial charge is 0.306 e. The maximum atomic E-state index is 13.2. The molecule has 0 N–H and O–H groups in total. The molecule has 0 amide bonds. The number of pyridine rings is 1. The Labute approximate surface area is 487 Å². The monoisotopic (exact) mass is 1080 g/mol. The van der Waals surface area contributed by atoms with Gasteiger partial charge in [-0.2, -0.15) is 5.26 Å². The van der Waals surface area contributed by atoms with Crippen LogP contribution < -0.4 is 0 Å². The van der Waals surface area contributed by atoms with Crippen LogP contribution in [0, 0.1) is 11.3 Å². The highest BCUT2D eigenvalue weighted by molar-refractivity contribution is 6.18. The van der Waals surface area contributed by atoms with Crippen molar-refractivity contribution in [3.05, 3.63) is 307 Å². The zero-order valence-corrected chi connectivity index (χ0v) is 45.7. The van der Waals surface area contributed by atoms with Crippen LogP contribution in [-0.2, 0) is 5.41 Å². The zero-order valence-electron chi connectivity index (χ0n) is 45.7. The van der Waals surface area contributed by atoms with E-state index in [0.29, 0.717) is 5.56 Å². The number of benzene rings is 12. The molecule has 6 nitrogen and oxygen atoms in total. The van der Waals surface area contributed by atoms with Gasteiger partial charge in [0.2, 0.25) is 0 Å². The summed E-state index contributed by atoms with van der Waals surface area (Å²) >= 11 is 0. The van der Waals surface area contributed by atoms with Gasteiger partial charge in [-0.05, 0) is 99.1 Å². The van der Waals surface area contributed by atoms with E-state index in [-0.39, 0.29) is 0 Å². The normalized spacial score (nSPS) is 14.2. The van der Waals surface area contributed by atoms with Gasteiger partial charge < -0.3 is 18.3 Å². The maximum Gasteiger partial charge on any atom is 0.104 e. The SMILES string of the molecule is N#Cc1c(-n2c3ccccc3c3ccccc32)c(-n2c3ccccc3c3ccccc32)c(-c2cccc3c2-c2ccccc2C32c3ccccc3-c3cnccc32)c(-n2c3ccccc3c3ccccc32)c1-n1c2ccccc2c2ccccc21. The van der Waals surface area contributed by atoms with E-state index in [9.17, 15) is 5.26 Å². The number of aromatic nitrogens is 5. The Kier molecular flexibility index (Phi) is 9.24. The molecule has 0 saturated carbocycles. The Morgan fingerprint density at radius 3 is 0.976 bits per heavy atom. The van der Waals surface area contributed by atoms with E-state index in [1.165, 1.54) is 27.8 Å². The molecule has 85 heavy (non-hydrogen) atoms. The lowest BCUT2D eigenvalue weighted by Gasteiger charge is -2.31. The van der Waals surface area contributed by atoms with Crippen molar-refractivity contribution in [2.24, 2.45) is 0 Å². The number of nitriles is 1. The molecule has 17 aromatic rings. The second-order valence-electron chi connectivity index (χ2n) is 22.7. The molecule has 2 aliphatic rings.